The third kappa shape index (κ3) is 4.80. The molecule has 10 heteroatoms. The minimum atomic E-state index is -0.579. The molecule has 1 aliphatic heterocycles. The number of nitrogens with two attached hydrogens (primary N) is 1. The summed E-state index contributed by atoms with van der Waals surface area (Å²) in [5, 5.41) is 7.33. The number of carbonyl (C=O) groups is 2. The van der Waals surface area contributed by atoms with Gasteiger partial charge < -0.3 is 26.0 Å². The summed E-state index contributed by atoms with van der Waals surface area (Å²) in [6.07, 6.45) is 0.569. The number of fused-ring (bicyclic) bond motifs is 1. The van der Waals surface area contributed by atoms with Gasteiger partial charge in [-0.05, 0) is 48.5 Å². The number of hydrogen-bond acceptors (Lipinski definition) is 5. The third-order valence-corrected chi connectivity index (χ3v) is 7.11. The molecule has 0 atom stereocenters. The summed E-state index contributed by atoms with van der Waals surface area (Å²) in [7, 11) is 1.60. The van der Waals surface area contributed by atoms with Gasteiger partial charge in [0, 0.05) is 11.4 Å². The molecule has 2 aromatic carbocycles. The molecule has 170 valence electrons. The van der Waals surface area contributed by atoms with Gasteiger partial charge in [0.25, 0.3) is 11.8 Å². The molecule has 0 unspecified atom stereocenters. The summed E-state index contributed by atoms with van der Waals surface area (Å²) >= 11 is 13.1. The fourth-order valence-corrected chi connectivity index (χ4v) is 5.43. The third-order valence-electron chi connectivity index (χ3n) is 5.28. The highest BCUT2D eigenvalue weighted by atomic mass is 35.5. The number of thiocarbonyl (C=S) groups is 1. The van der Waals surface area contributed by atoms with E-state index in [4.69, 9.17) is 34.3 Å². The van der Waals surface area contributed by atoms with Crippen LogP contribution in [0.15, 0.2) is 48.5 Å². The van der Waals surface area contributed by atoms with Crippen molar-refractivity contribution in [3.8, 4) is 5.75 Å². The van der Waals surface area contributed by atoms with E-state index in [1.807, 2.05) is 29.2 Å². The molecule has 7 nitrogen and oxygen atoms in total. The highest BCUT2D eigenvalue weighted by molar-refractivity contribution is 7.80. The summed E-state index contributed by atoms with van der Waals surface area (Å²) in [4.78, 5) is 27.9. The zero-order valence-corrected chi connectivity index (χ0v) is 20.1. The molecule has 4 rings (SSSR count). The van der Waals surface area contributed by atoms with E-state index in [2.05, 4.69) is 10.6 Å². The van der Waals surface area contributed by atoms with Gasteiger partial charge in [-0.15, -0.1) is 11.3 Å². The second kappa shape index (κ2) is 9.78. The molecule has 2 heterocycles. The lowest BCUT2D eigenvalue weighted by molar-refractivity contribution is 0.1000. The van der Waals surface area contributed by atoms with Crippen molar-refractivity contribution < 1.29 is 14.3 Å². The van der Waals surface area contributed by atoms with Crippen molar-refractivity contribution in [3.63, 3.8) is 0 Å². The normalized spacial score (nSPS) is 12.6. The monoisotopic (exact) mass is 500 g/mol. The number of thiophene rings is 1. The zero-order valence-electron chi connectivity index (χ0n) is 17.7. The Kier molecular flexibility index (Phi) is 6.83. The lowest BCUT2D eigenvalue weighted by atomic mass is 10.0. The maximum Gasteiger partial charge on any atom is 0.257 e. The summed E-state index contributed by atoms with van der Waals surface area (Å²) in [6, 6.07) is 14.3. The van der Waals surface area contributed by atoms with Crippen LogP contribution in [0.25, 0.3) is 0 Å². The first-order valence-electron chi connectivity index (χ1n) is 10.1. The van der Waals surface area contributed by atoms with Crippen LogP contribution in [-0.4, -0.2) is 35.5 Å². The van der Waals surface area contributed by atoms with Gasteiger partial charge in [0.05, 0.1) is 35.5 Å². The topological polar surface area (TPSA) is 96.7 Å². The van der Waals surface area contributed by atoms with Crippen LogP contribution in [0, 0.1) is 0 Å². The maximum absolute atomic E-state index is 12.8. The Morgan fingerprint density at radius 1 is 1.15 bits per heavy atom. The lowest BCUT2D eigenvalue weighted by Gasteiger charge is -2.30. The number of nitrogens with one attached hydrogen (secondary N) is 2. The van der Waals surface area contributed by atoms with E-state index in [-0.39, 0.29) is 0 Å². The molecule has 0 spiro atoms. The molecular weight excluding hydrogens is 480 g/mol. The second-order valence-electron chi connectivity index (χ2n) is 7.31. The largest absolute Gasteiger partial charge is 0.495 e. The molecule has 33 heavy (non-hydrogen) atoms. The van der Waals surface area contributed by atoms with Gasteiger partial charge in [0.1, 0.15) is 10.8 Å². The predicted octanol–water partition coefficient (Wildman–Crippen LogP) is 4.52. The van der Waals surface area contributed by atoms with Crippen LogP contribution >= 0.6 is 35.2 Å². The first-order valence-corrected chi connectivity index (χ1v) is 11.7. The number of hydrogen-bond donors (Lipinski definition) is 3. The fraction of sp³-hybridized carbons (Fsp3) is 0.174. The summed E-state index contributed by atoms with van der Waals surface area (Å²) < 4.78 is 5.38. The molecule has 2 amide bonds. The second-order valence-corrected chi connectivity index (χ2v) is 9.21. The number of halogens is 1. The quantitative estimate of drug-likeness (QED) is 0.446. The fourth-order valence-electron chi connectivity index (χ4n) is 3.68. The van der Waals surface area contributed by atoms with E-state index >= 15 is 0 Å². The van der Waals surface area contributed by atoms with Crippen LogP contribution in [0.5, 0.6) is 5.75 Å². The van der Waals surface area contributed by atoms with Gasteiger partial charge in [-0.3, -0.25) is 9.59 Å². The van der Waals surface area contributed by atoms with Crippen molar-refractivity contribution >= 4 is 62.8 Å². The standard InChI is InChI=1S/C23H21ClN4O3S2/c1-31-17-9-5-4-8-16(17)26-23(32)28-11-10-14-18(12-28)33-22(19(14)20(25)29)27-21(30)13-6-2-3-7-15(13)24/h2-9H,10-12H2,1H3,(H2,25,29)(H,26,32)(H,27,30). The Morgan fingerprint density at radius 2 is 1.88 bits per heavy atom. The van der Waals surface area contributed by atoms with Gasteiger partial charge in [0.15, 0.2) is 5.11 Å². The van der Waals surface area contributed by atoms with Gasteiger partial charge in [-0.2, -0.15) is 0 Å². The smallest absolute Gasteiger partial charge is 0.257 e. The van der Waals surface area contributed by atoms with Gasteiger partial charge in [-0.1, -0.05) is 35.9 Å². The molecule has 0 radical (unpaired) electrons. The highest BCUT2D eigenvalue weighted by Gasteiger charge is 2.29. The van der Waals surface area contributed by atoms with Crippen LogP contribution in [0.4, 0.5) is 10.7 Å². The number of carbonyl (C=O) groups excluding carboxylic acids is 2. The number of ether oxygens (including phenoxy) is 1. The van der Waals surface area contributed by atoms with Crippen molar-refractivity contribution in [2.24, 2.45) is 5.73 Å². The van der Waals surface area contributed by atoms with E-state index in [0.717, 1.165) is 16.1 Å². The maximum atomic E-state index is 12.8. The SMILES string of the molecule is COc1ccccc1NC(=S)N1CCc2c(sc(NC(=O)c3ccccc3Cl)c2C(N)=O)C1. The molecule has 0 aliphatic carbocycles. The number of rotatable bonds is 5. The molecule has 0 saturated carbocycles. The van der Waals surface area contributed by atoms with Crippen molar-refractivity contribution in [3.05, 3.63) is 75.1 Å². The molecule has 0 saturated heterocycles. The first kappa shape index (κ1) is 23.0. The summed E-state index contributed by atoms with van der Waals surface area (Å²) in [6.45, 7) is 1.09. The molecule has 1 aromatic heterocycles. The molecular formula is C23H21ClN4O3S2. The molecule has 1 aliphatic rings. The highest BCUT2D eigenvalue weighted by Crippen LogP contribution is 2.37. The summed E-state index contributed by atoms with van der Waals surface area (Å²) in [5.74, 6) is -0.286. The molecule has 0 bridgehead atoms. The van der Waals surface area contributed by atoms with E-state index < -0.39 is 11.8 Å². The number of amides is 2. The van der Waals surface area contributed by atoms with E-state index in [1.165, 1.54) is 11.3 Å². The Hall–Kier alpha value is -3.14. The Bertz CT molecular complexity index is 1240. The van der Waals surface area contributed by atoms with Gasteiger partial charge in [-0.25, -0.2) is 0 Å². The predicted molar refractivity (Wildman–Crippen MR) is 136 cm³/mol. The Balaban J connectivity index is 1.55. The first-order chi connectivity index (χ1) is 15.9. The Labute approximate surface area is 205 Å². The van der Waals surface area contributed by atoms with Crippen LogP contribution in [0.1, 0.15) is 31.2 Å². The average molecular weight is 501 g/mol. The lowest BCUT2D eigenvalue weighted by Crippen LogP contribution is -2.38. The van der Waals surface area contributed by atoms with Crippen LogP contribution in [-0.2, 0) is 13.0 Å². The van der Waals surface area contributed by atoms with E-state index in [9.17, 15) is 9.59 Å². The molecule has 4 N–H and O–H groups in total. The molecule has 3 aromatic rings. The van der Waals surface area contributed by atoms with Crippen molar-refractivity contribution in [2.75, 3.05) is 24.3 Å². The Morgan fingerprint density at radius 3 is 2.61 bits per heavy atom. The van der Waals surface area contributed by atoms with Gasteiger partial charge >= 0.3 is 0 Å². The summed E-state index contributed by atoms with van der Waals surface area (Å²) in [5.41, 5.74) is 7.97. The number of primary amides is 1. The van der Waals surface area contributed by atoms with Gasteiger partial charge in [0.2, 0.25) is 0 Å². The van der Waals surface area contributed by atoms with Crippen LogP contribution < -0.4 is 21.1 Å². The number of benzene rings is 2. The minimum absolute atomic E-state index is 0.324. The van der Waals surface area contributed by atoms with Crippen molar-refractivity contribution in [1.82, 2.24) is 4.90 Å². The number of para-hydroxylation sites is 2. The zero-order chi connectivity index (χ0) is 23.5. The average Bonchev–Trinajstić information content (AvgIpc) is 3.16. The van der Waals surface area contributed by atoms with Crippen molar-refractivity contribution in [2.45, 2.75) is 13.0 Å². The van der Waals surface area contributed by atoms with Crippen LogP contribution in [0.3, 0.4) is 0 Å². The number of nitrogens with zero attached hydrogens (tertiary/aromatic N) is 1. The number of anilines is 2. The minimum Gasteiger partial charge on any atom is -0.495 e. The van der Waals surface area contributed by atoms with E-state index in [0.29, 0.717) is 51.5 Å². The van der Waals surface area contributed by atoms with Crippen LogP contribution in [0.2, 0.25) is 5.02 Å². The van der Waals surface area contributed by atoms with E-state index in [1.54, 1.807) is 31.4 Å². The van der Waals surface area contributed by atoms with Crippen molar-refractivity contribution in [1.29, 1.82) is 0 Å². The molecule has 0 fully saturated rings. The number of methoxy groups -OCH3 is 1.